The molecule has 1 aliphatic rings. The van der Waals surface area contributed by atoms with Crippen LogP contribution in [0.2, 0.25) is 0 Å². The molecule has 0 fully saturated rings. The van der Waals surface area contributed by atoms with Gasteiger partial charge in [0.15, 0.2) is 0 Å². The number of aryl methyl sites for hydroxylation is 1. The Kier molecular flexibility index (Phi) is 4.52. The summed E-state index contributed by atoms with van der Waals surface area (Å²) < 4.78 is 0. The monoisotopic (exact) mass is 391 g/mol. The third kappa shape index (κ3) is 3.32. The van der Waals surface area contributed by atoms with Crippen LogP contribution >= 0.6 is 11.3 Å². The number of benzene rings is 2. The molecule has 2 heterocycles. The second kappa shape index (κ2) is 7.01. The number of aromatic nitrogens is 1. The Labute approximate surface area is 165 Å². The number of thiazole rings is 1. The highest BCUT2D eigenvalue weighted by molar-refractivity contribution is 7.13. The Bertz CT molecular complexity index is 1100. The van der Waals surface area contributed by atoms with Crippen molar-refractivity contribution in [3.63, 3.8) is 0 Å². The van der Waals surface area contributed by atoms with Crippen LogP contribution in [-0.4, -0.2) is 34.7 Å². The number of carbonyl (C=O) groups excluding carboxylic acids is 3. The standard InChI is InChI=1S/C21H17N3O3S/c1-12-3-5-13(6-4-12)19-23-15(11-28-19)10-18(25)22-14-7-8-16-17(9-14)21(27)24(2)20(16)26/h3-9,11H,10H2,1-2H3,(H,22,25). The van der Waals surface area contributed by atoms with Crippen LogP contribution in [-0.2, 0) is 11.2 Å². The van der Waals surface area contributed by atoms with Gasteiger partial charge in [0, 0.05) is 23.7 Å². The molecule has 28 heavy (non-hydrogen) atoms. The van der Waals surface area contributed by atoms with E-state index in [-0.39, 0.29) is 24.1 Å². The molecule has 0 radical (unpaired) electrons. The summed E-state index contributed by atoms with van der Waals surface area (Å²) >= 11 is 1.50. The number of fused-ring (bicyclic) bond motifs is 1. The van der Waals surface area contributed by atoms with Gasteiger partial charge in [0.25, 0.3) is 11.8 Å². The maximum Gasteiger partial charge on any atom is 0.261 e. The van der Waals surface area contributed by atoms with Gasteiger partial charge >= 0.3 is 0 Å². The van der Waals surface area contributed by atoms with E-state index in [4.69, 9.17) is 0 Å². The molecule has 0 bridgehead atoms. The number of imide groups is 1. The molecule has 4 rings (SSSR count). The summed E-state index contributed by atoms with van der Waals surface area (Å²) in [7, 11) is 1.44. The molecule has 3 amide bonds. The molecule has 3 aromatic rings. The molecule has 1 N–H and O–H groups in total. The molecule has 0 unspecified atom stereocenters. The van der Waals surface area contributed by atoms with E-state index in [1.165, 1.54) is 30.0 Å². The minimum absolute atomic E-state index is 0.131. The quantitative estimate of drug-likeness (QED) is 0.690. The van der Waals surface area contributed by atoms with E-state index in [0.717, 1.165) is 15.5 Å². The van der Waals surface area contributed by atoms with Gasteiger partial charge in [0.05, 0.1) is 23.2 Å². The van der Waals surface area contributed by atoms with E-state index in [1.807, 2.05) is 36.6 Å². The average Bonchev–Trinajstić information content (AvgIpc) is 3.22. The highest BCUT2D eigenvalue weighted by Crippen LogP contribution is 2.26. The molecule has 1 aromatic heterocycles. The Morgan fingerprint density at radius 2 is 1.79 bits per heavy atom. The van der Waals surface area contributed by atoms with Crippen molar-refractivity contribution in [3.05, 3.63) is 70.2 Å². The van der Waals surface area contributed by atoms with Gasteiger partial charge in [-0.3, -0.25) is 19.3 Å². The van der Waals surface area contributed by atoms with Crippen molar-refractivity contribution < 1.29 is 14.4 Å². The van der Waals surface area contributed by atoms with Crippen molar-refractivity contribution in [2.75, 3.05) is 12.4 Å². The lowest BCUT2D eigenvalue weighted by Gasteiger charge is -2.05. The predicted molar refractivity (Wildman–Crippen MR) is 107 cm³/mol. The maximum atomic E-state index is 12.4. The van der Waals surface area contributed by atoms with Crippen LogP contribution in [0.15, 0.2) is 47.8 Å². The molecule has 6 nitrogen and oxygen atoms in total. The third-order valence-electron chi connectivity index (χ3n) is 4.57. The smallest absolute Gasteiger partial charge is 0.261 e. The van der Waals surface area contributed by atoms with Gasteiger partial charge in [0.2, 0.25) is 5.91 Å². The summed E-state index contributed by atoms with van der Waals surface area (Å²) in [6.45, 7) is 2.03. The Morgan fingerprint density at radius 1 is 1.07 bits per heavy atom. The molecule has 0 saturated carbocycles. The van der Waals surface area contributed by atoms with E-state index >= 15 is 0 Å². The molecular weight excluding hydrogens is 374 g/mol. The first kappa shape index (κ1) is 18.1. The number of hydrogen-bond donors (Lipinski definition) is 1. The molecule has 1 aliphatic heterocycles. The first-order valence-corrected chi connectivity index (χ1v) is 9.58. The van der Waals surface area contributed by atoms with Gasteiger partial charge < -0.3 is 5.32 Å². The minimum atomic E-state index is -0.363. The number of amides is 3. The Balaban J connectivity index is 1.45. The molecule has 0 saturated heterocycles. The number of nitrogens with one attached hydrogen (secondary N) is 1. The first-order valence-electron chi connectivity index (χ1n) is 8.70. The SMILES string of the molecule is Cc1ccc(-c2nc(CC(=O)Nc3ccc4c(c3)C(=O)N(C)C4=O)cs2)cc1. The van der Waals surface area contributed by atoms with Gasteiger partial charge in [0.1, 0.15) is 5.01 Å². The van der Waals surface area contributed by atoms with Gasteiger partial charge in [-0.25, -0.2) is 4.98 Å². The summed E-state index contributed by atoms with van der Waals surface area (Å²) in [6, 6.07) is 12.8. The summed E-state index contributed by atoms with van der Waals surface area (Å²) in [6.07, 6.45) is 0.131. The zero-order chi connectivity index (χ0) is 19.8. The molecule has 7 heteroatoms. The van der Waals surface area contributed by atoms with Crippen LogP contribution in [0.5, 0.6) is 0 Å². The first-order chi connectivity index (χ1) is 13.4. The maximum absolute atomic E-state index is 12.4. The van der Waals surface area contributed by atoms with Crippen LogP contribution in [0.25, 0.3) is 10.6 Å². The number of hydrogen-bond acceptors (Lipinski definition) is 5. The van der Waals surface area contributed by atoms with E-state index in [2.05, 4.69) is 10.3 Å². The van der Waals surface area contributed by atoms with E-state index < -0.39 is 0 Å². The largest absolute Gasteiger partial charge is 0.326 e. The van der Waals surface area contributed by atoms with Crippen molar-refractivity contribution >= 4 is 34.7 Å². The van der Waals surface area contributed by atoms with Crippen molar-refractivity contribution in [2.24, 2.45) is 0 Å². The lowest BCUT2D eigenvalue weighted by atomic mass is 10.1. The Morgan fingerprint density at radius 3 is 2.54 bits per heavy atom. The zero-order valence-corrected chi connectivity index (χ0v) is 16.2. The van der Waals surface area contributed by atoms with Crippen molar-refractivity contribution in [1.29, 1.82) is 0 Å². The lowest BCUT2D eigenvalue weighted by Crippen LogP contribution is -2.24. The summed E-state index contributed by atoms with van der Waals surface area (Å²) in [5, 5.41) is 5.51. The highest BCUT2D eigenvalue weighted by Gasteiger charge is 2.32. The minimum Gasteiger partial charge on any atom is -0.326 e. The van der Waals surface area contributed by atoms with Gasteiger partial charge in [-0.1, -0.05) is 29.8 Å². The van der Waals surface area contributed by atoms with Gasteiger partial charge in [-0.05, 0) is 25.1 Å². The highest BCUT2D eigenvalue weighted by atomic mass is 32.1. The van der Waals surface area contributed by atoms with Crippen LogP contribution in [0, 0.1) is 6.92 Å². The summed E-state index contributed by atoms with van der Waals surface area (Å²) in [5.74, 6) is -0.923. The molecule has 0 atom stereocenters. The molecule has 0 spiro atoms. The molecular formula is C21H17N3O3S. The summed E-state index contributed by atoms with van der Waals surface area (Å²) in [5.41, 5.74) is 4.03. The second-order valence-electron chi connectivity index (χ2n) is 6.66. The fourth-order valence-corrected chi connectivity index (χ4v) is 3.85. The predicted octanol–water partition coefficient (Wildman–Crippen LogP) is 3.53. The van der Waals surface area contributed by atoms with Crippen LogP contribution in [0.1, 0.15) is 32.0 Å². The zero-order valence-electron chi connectivity index (χ0n) is 15.4. The normalized spacial score (nSPS) is 13.0. The number of rotatable bonds is 4. The van der Waals surface area contributed by atoms with Gasteiger partial charge in [-0.15, -0.1) is 11.3 Å². The number of nitrogens with zero attached hydrogens (tertiary/aromatic N) is 2. The van der Waals surface area contributed by atoms with E-state index in [1.54, 1.807) is 12.1 Å². The summed E-state index contributed by atoms with van der Waals surface area (Å²) in [4.78, 5) is 42.0. The van der Waals surface area contributed by atoms with E-state index in [9.17, 15) is 14.4 Å². The van der Waals surface area contributed by atoms with Crippen molar-refractivity contribution in [2.45, 2.75) is 13.3 Å². The van der Waals surface area contributed by atoms with Gasteiger partial charge in [-0.2, -0.15) is 0 Å². The Hall–Kier alpha value is -3.32. The van der Waals surface area contributed by atoms with E-state index in [0.29, 0.717) is 22.5 Å². The lowest BCUT2D eigenvalue weighted by molar-refractivity contribution is -0.115. The fourth-order valence-electron chi connectivity index (χ4n) is 3.03. The molecule has 140 valence electrons. The molecule has 2 aromatic carbocycles. The third-order valence-corrected chi connectivity index (χ3v) is 5.51. The number of anilines is 1. The van der Waals surface area contributed by atoms with Crippen molar-refractivity contribution in [3.8, 4) is 10.6 Å². The topological polar surface area (TPSA) is 79.4 Å². The fraction of sp³-hybridized carbons (Fsp3) is 0.143. The second-order valence-corrected chi connectivity index (χ2v) is 7.52. The average molecular weight is 391 g/mol. The van der Waals surface area contributed by atoms with Crippen LogP contribution in [0.3, 0.4) is 0 Å². The van der Waals surface area contributed by atoms with Crippen LogP contribution < -0.4 is 5.32 Å². The molecule has 0 aliphatic carbocycles. The van der Waals surface area contributed by atoms with Crippen LogP contribution in [0.4, 0.5) is 5.69 Å². The van der Waals surface area contributed by atoms with Crippen molar-refractivity contribution in [1.82, 2.24) is 9.88 Å². The number of carbonyl (C=O) groups is 3.